The van der Waals surface area contributed by atoms with Crippen molar-refractivity contribution in [2.24, 2.45) is 0 Å². The highest BCUT2D eigenvalue weighted by Crippen LogP contribution is 2.60. The van der Waals surface area contributed by atoms with Crippen molar-refractivity contribution in [2.45, 2.75) is 36.9 Å². The molecule has 1 aromatic heterocycles. The van der Waals surface area contributed by atoms with Gasteiger partial charge in [0.2, 0.25) is 0 Å². The van der Waals surface area contributed by atoms with Crippen LogP contribution >= 0.6 is 11.6 Å². The highest BCUT2D eigenvalue weighted by atomic mass is 35.5. The van der Waals surface area contributed by atoms with E-state index >= 15 is 0 Å². The smallest absolute Gasteiger partial charge is 0.287 e. The standard InChI is InChI=1S/C20H20ClFN2O5/c1-27-7-13-3-5-16(29-13)18(26)24-20-9-19(10-20,11-20)23-17(25)8-28-12-2-4-14(21)15(22)6-12/h2-6H,7-11H2,1H3,(H,23,25)(H,24,26). The number of methoxy groups -OCH3 is 1. The summed E-state index contributed by atoms with van der Waals surface area (Å²) in [6.45, 7) is 0.0785. The van der Waals surface area contributed by atoms with Gasteiger partial charge in [0.15, 0.2) is 12.4 Å². The normalized spacial score (nSPS) is 24.2. The molecule has 0 unspecified atom stereocenters. The quantitative estimate of drug-likeness (QED) is 0.682. The predicted molar refractivity (Wildman–Crippen MR) is 101 cm³/mol. The van der Waals surface area contributed by atoms with Gasteiger partial charge in [-0.3, -0.25) is 9.59 Å². The highest BCUT2D eigenvalue weighted by molar-refractivity contribution is 6.30. The number of carbonyl (C=O) groups excluding carboxylic acids is 2. The van der Waals surface area contributed by atoms with E-state index in [1.54, 1.807) is 19.2 Å². The number of hydrogen-bond donors (Lipinski definition) is 2. The minimum absolute atomic E-state index is 0.00696. The topological polar surface area (TPSA) is 89.8 Å². The molecule has 2 amide bonds. The Hall–Kier alpha value is -2.58. The first-order valence-corrected chi connectivity index (χ1v) is 9.49. The number of hydrogen-bond acceptors (Lipinski definition) is 5. The van der Waals surface area contributed by atoms with Gasteiger partial charge in [-0.15, -0.1) is 0 Å². The number of halogens is 2. The van der Waals surface area contributed by atoms with Crippen molar-refractivity contribution in [3.05, 3.63) is 52.7 Å². The Bertz CT molecular complexity index is 940. The fourth-order valence-corrected chi connectivity index (χ4v) is 4.24. The average molecular weight is 423 g/mol. The van der Waals surface area contributed by atoms with Crippen LogP contribution in [0.3, 0.4) is 0 Å². The van der Waals surface area contributed by atoms with Crippen molar-refractivity contribution in [3.8, 4) is 5.75 Å². The second kappa shape index (κ2) is 7.35. The van der Waals surface area contributed by atoms with Crippen LogP contribution in [0.15, 0.2) is 34.7 Å². The van der Waals surface area contributed by atoms with Gasteiger partial charge in [0, 0.05) is 24.3 Å². The van der Waals surface area contributed by atoms with Gasteiger partial charge in [-0.2, -0.15) is 0 Å². The molecule has 9 heteroatoms. The minimum Gasteiger partial charge on any atom is -0.484 e. The van der Waals surface area contributed by atoms with Crippen molar-refractivity contribution in [1.29, 1.82) is 0 Å². The van der Waals surface area contributed by atoms with Crippen LogP contribution in [-0.2, 0) is 16.1 Å². The van der Waals surface area contributed by atoms with E-state index in [1.807, 2.05) is 0 Å². The predicted octanol–water partition coefficient (Wildman–Crippen LogP) is 2.82. The second-order valence-corrected chi connectivity index (χ2v) is 8.06. The molecule has 2 N–H and O–H groups in total. The van der Waals surface area contributed by atoms with E-state index < -0.39 is 5.82 Å². The van der Waals surface area contributed by atoms with E-state index in [-0.39, 0.29) is 46.0 Å². The van der Waals surface area contributed by atoms with E-state index in [1.165, 1.54) is 12.1 Å². The summed E-state index contributed by atoms with van der Waals surface area (Å²) in [6, 6.07) is 7.32. The first kappa shape index (κ1) is 19.7. The van der Waals surface area contributed by atoms with Crippen molar-refractivity contribution >= 4 is 23.4 Å². The number of benzene rings is 1. The molecule has 5 rings (SSSR count). The van der Waals surface area contributed by atoms with E-state index in [9.17, 15) is 14.0 Å². The van der Waals surface area contributed by atoms with Crippen molar-refractivity contribution < 1.29 is 27.9 Å². The molecule has 0 atom stereocenters. The maximum Gasteiger partial charge on any atom is 0.287 e. The van der Waals surface area contributed by atoms with Crippen LogP contribution in [-0.4, -0.2) is 36.6 Å². The van der Waals surface area contributed by atoms with Gasteiger partial charge in [-0.25, -0.2) is 4.39 Å². The molecule has 3 aliphatic carbocycles. The van der Waals surface area contributed by atoms with Crippen LogP contribution in [0.1, 0.15) is 35.6 Å². The lowest BCUT2D eigenvalue weighted by molar-refractivity contribution is -0.141. The summed E-state index contributed by atoms with van der Waals surface area (Å²) in [5.74, 6) is -0.124. The van der Waals surface area contributed by atoms with E-state index in [0.717, 1.165) is 6.07 Å². The minimum atomic E-state index is -0.604. The summed E-state index contributed by atoms with van der Waals surface area (Å²) in [4.78, 5) is 24.5. The van der Waals surface area contributed by atoms with Crippen molar-refractivity contribution in [3.63, 3.8) is 0 Å². The zero-order valence-corrected chi connectivity index (χ0v) is 16.5. The molecule has 154 valence electrons. The van der Waals surface area contributed by atoms with Crippen molar-refractivity contribution in [1.82, 2.24) is 10.6 Å². The van der Waals surface area contributed by atoms with Crippen molar-refractivity contribution in [2.75, 3.05) is 13.7 Å². The van der Waals surface area contributed by atoms with Gasteiger partial charge >= 0.3 is 0 Å². The Morgan fingerprint density at radius 3 is 2.59 bits per heavy atom. The SMILES string of the molecule is COCc1ccc(C(=O)NC23CC(NC(=O)COc4ccc(Cl)c(F)c4)(C2)C3)o1. The van der Waals surface area contributed by atoms with Gasteiger partial charge in [0.25, 0.3) is 11.8 Å². The molecule has 0 spiro atoms. The van der Waals surface area contributed by atoms with Gasteiger partial charge < -0.3 is 24.5 Å². The molecule has 1 aromatic carbocycles. The number of rotatable bonds is 8. The zero-order chi connectivity index (χ0) is 20.6. The van der Waals surface area contributed by atoms with E-state index in [4.69, 9.17) is 25.5 Å². The largest absolute Gasteiger partial charge is 0.484 e. The lowest BCUT2D eigenvalue weighted by Gasteiger charge is -2.70. The third kappa shape index (κ3) is 3.95. The monoisotopic (exact) mass is 422 g/mol. The first-order chi connectivity index (χ1) is 13.8. The molecule has 3 saturated carbocycles. The van der Waals surface area contributed by atoms with Crippen LogP contribution in [0, 0.1) is 5.82 Å². The Morgan fingerprint density at radius 1 is 1.17 bits per heavy atom. The Morgan fingerprint density at radius 2 is 1.90 bits per heavy atom. The van der Waals surface area contributed by atoms with Crippen LogP contribution in [0.5, 0.6) is 5.75 Å². The number of carbonyl (C=O) groups is 2. The molecule has 29 heavy (non-hydrogen) atoms. The molecular weight excluding hydrogens is 403 g/mol. The molecule has 0 saturated heterocycles. The summed E-state index contributed by atoms with van der Waals surface area (Å²) in [6.07, 6.45) is 1.95. The molecule has 7 nitrogen and oxygen atoms in total. The summed E-state index contributed by atoms with van der Waals surface area (Å²) in [5, 5.41) is 5.92. The molecular formula is C20H20ClFN2O5. The summed E-state index contributed by atoms with van der Waals surface area (Å²) in [5.41, 5.74) is -0.623. The lowest BCUT2D eigenvalue weighted by atomic mass is 9.44. The third-order valence-corrected chi connectivity index (χ3v) is 5.55. The molecule has 1 heterocycles. The number of ether oxygens (including phenoxy) is 2. The zero-order valence-electron chi connectivity index (χ0n) is 15.7. The van der Waals surface area contributed by atoms with Gasteiger partial charge in [0.05, 0.1) is 5.02 Å². The Labute approximate surface area is 171 Å². The number of nitrogens with one attached hydrogen (secondary N) is 2. The molecule has 2 aromatic rings. The fraction of sp³-hybridized carbons (Fsp3) is 0.400. The maximum absolute atomic E-state index is 13.4. The van der Waals surface area contributed by atoms with Crippen LogP contribution in [0.4, 0.5) is 4.39 Å². The third-order valence-electron chi connectivity index (χ3n) is 5.25. The highest BCUT2D eigenvalue weighted by Gasteiger charge is 2.69. The summed E-state index contributed by atoms with van der Waals surface area (Å²) < 4.78 is 29.1. The number of furan rings is 1. The number of amides is 2. The van der Waals surface area contributed by atoms with E-state index in [0.29, 0.717) is 31.6 Å². The molecule has 0 radical (unpaired) electrons. The summed E-state index contributed by atoms with van der Waals surface area (Å²) in [7, 11) is 1.55. The Kier molecular flexibility index (Phi) is 5.00. The van der Waals surface area contributed by atoms with Gasteiger partial charge in [-0.05, 0) is 43.5 Å². The average Bonchev–Trinajstić information content (AvgIpc) is 3.09. The maximum atomic E-state index is 13.4. The van der Waals surface area contributed by atoms with Gasteiger partial charge in [-0.1, -0.05) is 11.6 Å². The van der Waals surface area contributed by atoms with Crippen LogP contribution < -0.4 is 15.4 Å². The second-order valence-electron chi connectivity index (χ2n) is 7.66. The van der Waals surface area contributed by atoms with Crippen LogP contribution in [0.25, 0.3) is 0 Å². The molecule has 3 fully saturated rings. The fourth-order valence-electron chi connectivity index (χ4n) is 4.12. The molecule has 3 aliphatic rings. The first-order valence-electron chi connectivity index (χ1n) is 9.11. The molecule has 0 aliphatic heterocycles. The Balaban J connectivity index is 1.22. The lowest BCUT2D eigenvalue weighted by Crippen LogP contribution is -2.84. The van der Waals surface area contributed by atoms with Crippen LogP contribution in [0.2, 0.25) is 5.02 Å². The van der Waals surface area contributed by atoms with Gasteiger partial charge in [0.1, 0.15) is 23.9 Å². The van der Waals surface area contributed by atoms with E-state index in [2.05, 4.69) is 10.6 Å². The summed E-state index contributed by atoms with van der Waals surface area (Å²) >= 11 is 5.61. The molecule has 2 bridgehead atoms.